The van der Waals surface area contributed by atoms with Crippen molar-refractivity contribution in [3.8, 4) is 0 Å². The summed E-state index contributed by atoms with van der Waals surface area (Å²) in [6, 6.07) is 2.45. The first-order chi connectivity index (χ1) is 17.2. The van der Waals surface area contributed by atoms with Crippen LogP contribution in [-0.4, -0.2) is 71.5 Å². The number of nitrogens with zero attached hydrogens (tertiary/aromatic N) is 3. The largest absolute Gasteiger partial charge is 0.351 e. The fourth-order valence-corrected chi connectivity index (χ4v) is 3.61. The Balaban J connectivity index is 2.15. The van der Waals surface area contributed by atoms with Gasteiger partial charge in [0.1, 0.15) is 11.4 Å². The average Bonchev–Trinajstić information content (AvgIpc) is 3.40. The van der Waals surface area contributed by atoms with E-state index in [9.17, 15) is 19.2 Å². The van der Waals surface area contributed by atoms with Crippen molar-refractivity contribution in [3.05, 3.63) is 35.9 Å². The second-order valence-electron chi connectivity index (χ2n) is 8.69. The van der Waals surface area contributed by atoms with Gasteiger partial charge in [-0.15, -0.1) is 0 Å². The molecule has 0 bridgehead atoms. The number of carbonyl (C=O) groups excluding carboxylic acids is 4. The van der Waals surface area contributed by atoms with Crippen LogP contribution in [0.1, 0.15) is 54.1 Å². The summed E-state index contributed by atoms with van der Waals surface area (Å²) in [4.78, 5) is 51.2. The number of rotatable bonds is 13. The van der Waals surface area contributed by atoms with Crippen LogP contribution in [0.25, 0.3) is 0 Å². The van der Waals surface area contributed by atoms with Crippen molar-refractivity contribution in [2.24, 2.45) is 5.73 Å². The van der Waals surface area contributed by atoms with E-state index in [0.29, 0.717) is 42.4 Å². The van der Waals surface area contributed by atoms with Crippen molar-refractivity contribution >= 4 is 35.1 Å². The summed E-state index contributed by atoms with van der Waals surface area (Å²) < 4.78 is 3.55. The standard InChI is InChI=1S/C24H38N8O4/c1-5-9-31-15-17(12-19(31)22(34)26-8-7-11-30(3)4)27-23(35)20-13-18(16-32(20)10-6-2)28-24(36)29-21(33)14-25/h12-13,15-16H,5-11,14,25H2,1-4H3,(H,26,34)(H,27,35)(H2,28,29,33,36). The molecule has 0 aliphatic carbocycles. The van der Waals surface area contributed by atoms with Gasteiger partial charge in [-0.3, -0.25) is 19.7 Å². The number of carbonyl (C=O) groups is 4. The number of anilines is 2. The van der Waals surface area contributed by atoms with Crippen LogP contribution in [0.15, 0.2) is 24.5 Å². The number of aromatic nitrogens is 2. The summed E-state index contributed by atoms with van der Waals surface area (Å²) >= 11 is 0. The molecule has 5 amide bonds. The first-order valence-electron chi connectivity index (χ1n) is 12.1. The number of amides is 5. The zero-order valence-electron chi connectivity index (χ0n) is 21.5. The third-order valence-electron chi connectivity index (χ3n) is 5.21. The molecule has 6 N–H and O–H groups in total. The molecule has 12 heteroatoms. The van der Waals surface area contributed by atoms with Gasteiger partial charge in [0.2, 0.25) is 5.91 Å². The summed E-state index contributed by atoms with van der Waals surface area (Å²) in [5, 5.41) is 10.4. The fraction of sp³-hybridized carbons (Fsp3) is 0.500. The lowest BCUT2D eigenvalue weighted by Gasteiger charge is -2.11. The van der Waals surface area contributed by atoms with Crippen molar-refractivity contribution in [2.75, 3.05) is 44.4 Å². The molecule has 2 aromatic heterocycles. The Morgan fingerprint density at radius 2 is 1.44 bits per heavy atom. The first kappa shape index (κ1) is 28.6. The molecule has 0 spiro atoms. The van der Waals surface area contributed by atoms with Crippen molar-refractivity contribution in [1.29, 1.82) is 0 Å². The predicted octanol–water partition coefficient (Wildman–Crippen LogP) is 1.65. The van der Waals surface area contributed by atoms with Crippen LogP contribution in [0.5, 0.6) is 0 Å². The van der Waals surface area contributed by atoms with E-state index in [2.05, 4.69) is 26.2 Å². The van der Waals surface area contributed by atoms with Crippen molar-refractivity contribution in [3.63, 3.8) is 0 Å². The number of aryl methyl sites for hydroxylation is 2. The highest BCUT2D eigenvalue weighted by atomic mass is 16.2. The highest BCUT2D eigenvalue weighted by molar-refractivity contribution is 6.06. The third-order valence-corrected chi connectivity index (χ3v) is 5.21. The van der Waals surface area contributed by atoms with E-state index in [-0.39, 0.29) is 18.4 Å². The van der Waals surface area contributed by atoms with Gasteiger partial charge in [-0.1, -0.05) is 13.8 Å². The Kier molecular flexibility index (Phi) is 11.2. The number of urea groups is 1. The minimum Gasteiger partial charge on any atom is -0.351 e. The van der Waals surface area contributed by atoms with Crippen LogP contribution in [0.4, 0.5) is 16.2 Å². The Morgan fingerprint density at radius 3 is 1.97 bits per heavy atom. The predicted molar refractivity (Wildman–Crippen MR) is 139 cm³/mol. The monoisotopic (exact) mass is 502 g/mol. The van der Waals surface area contributed by atoms with Crippen molar-refractivity contribution in [2.45, 2.75) is 46.2 Å². The van der Waals surface area contributed by atoms with E-state index >= 15 is 0 Å². The zero-order chi connectivity index (χ0) is 26.7. The van der Waals surface area contributed by atoms with Crippen molar-refractivity contribution < 1.29 is 19.2 Å². The number of nitrogens with one attached hydrogen (secondary N) is 4. The molecule has 2 heterocycles. The highest BCUT2D eigenvalue weighted by Crippen LogP contribution is 2.19. The lowest BCUT2D eigenvalue weighted by Crippen LogP contribution is -2.38. The number of imide groups is 1. The van der Waals surface area contributed by atoms with Gasteiger partial charge in [0.15, 0.2) is 0 Å². The van der Waals surface area contributed by atoms with Crippen LogP contribution in [-0.2, 0) is 17.9 Å². The van der Waals surface area contributed by atoms with Crippen LogP contribution >= 0.6 is 0 Å². The van der Waals surface area contributed by atoms with Gasteiger partial charge in [-0.25, -0.2) is 4.79 Å². The summed E-state index contributed by atoms with van der Waals surface area (Å²) in [7, 11) is 3.97. The molecule has 0 atom stereocenters. The summed E-state index contributed by atoms with van der Waals surface area (Å²) in [6.07, 6.45) is 5.79. The lowest BCUT2D eigenvalue weighted by atomic mass is 10.3. The van der Waals surface area contributed by atoms with E-state index in [1.165, 1.54) is 6.07 Å². The van der Waals surface area contributed by atoms with Crippen LogP contribution in [0, 0.1) is 0 Å². The Bertz CT molecular complexity index is 1060. The van der Waals surface area contributed by atoms with Gasteiger partial charge in [-0.05, 0) is 52.0 Å². The molecular weight excluding hydrogens is 464 g/mol. The van der Waals surface area contributed by atoms with E-state index in [1.807, 2.05) is 32.5 Å². The van der Waals surface area contributed by atoms with Gasteiger partial charge in [0, 0.05) is 32.0 Å². The molecule has 0 aliphatic heterocycles. The second-order valence-corrected chi connectivity index (χ2v) is 8.69. The van der Waals surface area contributed by atoms with E-state index in [0.717, 1.165) is 25.8 Å². The summed E-state index contributed by atoms with van der Waals surface area (Å²) in [5.74, 6) is -1.20. The molecule has 2 aromatic rings. The molecule has 0 aliphatic rings. The molecule has 36 heavy (non-hydrogen) atoms. The van der Waals surface area contributed by atoms with Gasteiger partial charge >= 0.3 is 6.03 Å². The topological polar surface area (TPSA) is 156 Å². The number of hydrogen-bond acceptors (Lipinski definition) is 6. The average molecular weight is 503 g/mol. The molecule has 0 fully saturated rings. The molecule has 0 saturated heterocycles. The second kappa shape index (κ2) is 14.0. The molecular formula is C24H38N8O4. The van der Waals surface area contributed by atoms with Gasteiger partial charge < -0.3 is 35.7 Å². The number of nitrogens with two attached hydrogens (primary N) is 1. The summed E-state index contributed by atoms with van der Waals surface area (Å²) in [6.45, 7) is 6.28. The van der Waals surface area contributed by atoms with E-state index in [4.69, 9.17) is 5.73 Å². The van der Waals surface area contributed by atoms with Crippen LogP contribution in [0.2, 0.25) is 0 Å². The minimum absolute atomic E-state index is 0.193. The van der Waals surface area contributed by atoms with Gasteiger partial charge in [-0.2, -0.15) is 0 Å². The van der Waals surface area contributed by atoms with Crippen LogP contribution in [0.3, 0.4) is 0 Å². The fourth-order valence-electron chi connectivity index (χ4n) is 3.61. The first-order valence-corrected chi connectivity index (χ1v) is 12.1. The van der Waals surface area contributed by atoms with E-state index in [1.54, 1.807) is 23.0 Å². The SMILES string of the molecule is CCCn1cc(NC(=O)c2cc(NC(=O)NC(=O)CN)cn2CCC)cc1C(=O)NCCCN(C)C. The Morgan fingerprint density at radius 1 is 0.889 bits per heavy atom. The maximum atomic E-state index is 13.1. The highest BCUT2D eigenvalue weighted by Gasteiger charge is 2.19. The van der Waals surface area contributed by atoms with Gasteiger partial charge in [0.25, 0.3) is 11.8 Å². The summed E-state index contributed by atoms with van der Waals surface area (Å²) in [5.41, 5.74) is 6.87. The molecule has 0 saturated carbocycles. The zero-order valence-corrected chi connectivity index (χ0v) is 21.5. The third kappa shape index (κ3) is 8.54. The lowest BCUT2D eigenvalue weighted by molar-refractivity contribution is -0.118. The minimum atomic E-state index is -0.732. The smallest absolute Gasteiger partial charge is 0.325 e. The van der Waals surface area contributed by atoms with E-state index < -0.39 is 11.9 Å². The molecule has 0 aromatic carbocycles. The normalized spacial score (nSPS) is 10.8. The molecule has 2 rings (SSSR count). The molecule has 0 unspecified atom stereocenters. The molecule has 198 valence electrons. The van der Waals surface area contributed by atoms with Gasteiger partial charge in [0.05, 0.1) is 17.9 Å². The quantitative estimate of drug-likeness (QED) is 0.262. The maximum Gasteiger partial charge on any atom is 0.325 e. The maximum absolute atomic E-state index is 13.1. The number of hydrogen-bond donors (Lipinski definition) is 5. The Labute approximate surface area is 211 Å². The Hall–Kier alpha value is -3.64. The molecule has 0 radical (unpaired) electrons. The molecule has 12 nitrogen and oxygen atoms in total. The van der Waals surface area contributed by atoms with Crippen molar-refractivity contribution in [1.82, 2.24) is 24.7 Å². The van der Waals surface area contributed by atoms with Crippen LogP contribution < -0.4 is 27.0 Å².